The van der Waals surface area contributed by atoms with Crippen LogP contribution < -0.4 is 0 Å². The Bertz CT molecular complexity index is 190. The van der Waals surface area contributed by atoms with Gasteiger partial charge < -0.3 is 0 Å². The van der Waals surface area contributed by atoms with E-state index in [9.17, 15) is 13.2 Å². The van der Waals surface area contributed by atoms with Crippen LogP contribution in [0.4, 0.5) is 13.2 Å². The van der Waals surface area contributed by atoms with Gasteiger partial charge >= 0.3 is 6.18 Å². The monoisotopic (exact) mass is 160 g/mol. The van der Waals surface area contributed by atoms with Gasteiger partial charge in [0.05, 0.1) is 0 Å². The first-order valence-corrected chi connectivity index (χ1v) is 2.91. The van der Waals surface area contributed by atoms with Gasteiger partial charge in [-0.05, 0) is 0 Å². The predicted molar refractivity (Wildman–Crippen MR) is 37.8 cm³/mol. The van der Waals surface area contributed by atoms with Crippen molar-refractivity contribution in [2.75, 3.05) is 0 Å². The summed E-state index contributed by atoms with van der Waals surface area (Å²) in [5.74, 6) is 2.26. The maximum atomic E-state index is 11.4. The van der Waals surface area contributed by atoms with E-state index in [1.807, 2.05) is 0 Å². The van der Waals surface area contributed by atoms with Crippen molar-refractivity contribution in [3.63, 3.8) is 0 Å². The Morgan fingerprint density at radius 3 is 2.36 bits per heavy atom. The molecule has 0 aromatic carbocycles. The highest BCUT2D eigenvalue weighted by molar-refractivity contribution is 5.08. The van der Waals surface area contributed by atoms with Crippen LogP contribution in [-0.2, 0) is 0 Å². The van der Waals surface area contributed by atoms with Crippen molar-refractivity contribution >= 4 is 0 Å². The quantitative estimate of drug-likeness (QED) is 0.430. The van der Waals surface area contributed by atoms with E-state index in [0.717, 1.165) is 6.08 Å². The summed E-state index contributed by atoms with van der Waals surface area (Å²) in [6.45, 7) is 0. The van der Waals surface area contributed by atoms with E-state index in [2.05, 4.69) is 5.92 Å². The minimum atomic E-state index is -4.24. The van der Waals surface area contributed by atoms with Crippen LogP contribution in [0.3, 0.4) is 0 Å². The lowest BCUT2D eigenvalue weighted by atomic mass is 10.3. The van der Waals surface area contributed by atoms with Crippen molar-refractivity contribution in [1.82, 2.24) is 0 Å². The molecule has 0 nitrogen and oxygen atoms in total. The SMILES string of the molecule is C#CC/C=C/C=C\C(F)(F)F. The van der Waals surface area contributed by atoms with Gasteiger partial charge in [0.15, 0.2) is 0 Å². The lowest BCUT2D eigenvalue weighted by Crippen LogP contribution is -1.99. The van der Waals surface area contributed by atoms with Gasteiger partial charge in [-0.2, -0.15) is 13.2 Å². The Balaban J connectivity index is 3.71. The summed E-state index contributed by atoms with van der Waals surface area (Å²) in [5.41, 5.74) is 0. The van der Waals surface area contributed by atoms with Gasteiger partial charge in [0.2, 0.25) is 0 Å². The van der Waals surface area contributed by atoms with Crippen molar-refractivity contribution in [1.29, 1.82) is 0 Å². The van der Waals surface area contributed by atoms with Crippen LogP contribution in [-0.4, -0.2) is 6.18 Å². The highest BCUT2D eigenvalue weighted by Gasteiger charge is 2.20. The lowest BCUT2D eigenvalue weighted by Gasteiger charge is -1.94. The molecule has 0 bridgehead atoms. The van der Waals surface area contributed by atoms with E-state index in [0.29, 0.717) is 6.42 Å². The summed E-state index contributed by atoms with van der Waals surface area (Å²) in [4.78, 5) is 0. The summed E-state index contributed by atoms with van der Waals surface area (Å²) in [7, 11) is 0. The molecule has 60 valence electrons. The van der Waals surface area contributed by atoms with Crippen molar-refractivity contribution in [2.24, 2.45) is 0 Å². The maximum Gasteiger partial charge on any atom is 0.409 e. The number of rotatable bonds is 2. The second-order valence-electron chi connectivity index (χ2n) is 1.74. The summed E-state index contributed by atoms with van der Waals surface area (Å²) >= 11 is 0. The number of allylic oxidation sites excluding steroid dienone is 4. The Hall–Kier alpha value is -1.17. The molecule has 0 N–H and O–H groups in total. The molecule has 11 heavy (non-hydrogen) atoms. The molecule has 0 rings (SSSR count). The summed E-state index contributed by atoms with van der Waals surface area (Å²) < 4.78 is 34.2. The number of terminal acetylenes is 1. The molecule has 0 aromatic heterocycles. The second kappa shape index (κ2) is 4.62. The first-order valence-electron chi connectivity index (χ1n) is 2.91. The molecule has 0 atom stereocenters. The zero-order chi connectivity index (χ0) is 8.74. The van der Waals surface area contributed by atoms with Crippen LogP contribution in [0.15, 0.2) is 24.3 Å². The highest BCUT2D eigenvalue weighted by atomic mass is 19.4. The van der Waals surface area contributed by atoms with Gasteiger partial charge in [-0.15, -0.1) is 12.3 Å². The fourth-order valence-corrected chi connectivity index (χ4v) is 0.379. The molecule has 0 fully saturated rings. The number of hydrogen-bond donors (Lipinski definition) is 0. The van der Waals surface area contributed by atoms with Crippen molar-refractivity contribution < 1.29 is 13.2 Å². The van der Waals surface area contributed by atoms with Crippen LogP contribution in [0.5, 0.6) is 0 Å². The molecule has 0 spiro atoms. The van der Waals surface area contributed by atoms with Gasteiger partial charge in [0.25, 0.3) is 0 Å². The van der Waals surface area contributed by atoms with Crippen molar-refractivity contribution in [3.8, 4) is 12.3 Å². The number of hydrogen-bond acceptors (Lipinski definition) is 0. The zero-order valence-electron chi connectivity index (χ0n) is 5.73. The normalized spacial score (nSPS) is 12.5. The molecular weight excluding hydrogens is 153 g/mol. The van der Waals surface area contributed by atoms with Crippen LogP contribution in [0.2, 0.25) is 0 Å². The topological polar surface area (TPSA) is 0 Å². The molecule has 0 saturated heterocycles. The molecule has 0 saturated carbocycles. The minimum Gasteiger partial charge on any atom is -0.167 e. The average Bonchev–Trinajstić information content (AvgIpc) is 1.85. The van der Waals surface area contributed by atoms with E-state index in [1.54, 1.807) is 0 Å². The third-order valence-corrected chi connectivity index (χ3v) is 0.768. The third-order valence-electron chi connectivity index (χ3n) is 0.768. The predicted octanol–water partition coefficient (Wildman–Crippen LogP) is 2.68. The molecule has 0 aliphatic heterocycles. The van der Waals surface area contributed by atoms with Crippen molar-refractivity contribution in [3.05, 3.63) is 24.3 Å². The first kappa shape index (κ1) is 9.83. The number of alkyl halides is 3. The fourth-order valence-electron chi connectivity index (χ4n) is 0.379. The summed E-state index contributed by atoms with van der Waals surface area (Å²) in [6.07, 6.45) is 4.78. The third kappa shape index (κ3) is 8.83. The Kier molecular flexibility index (Phi) is 4.12. The van der Waals surface area contributed by atoms with Crippen LogP contribution in [0, 0.1) is 12.3 Å². The fraction of sp³-hybridized carbons (Fsp3) is 0.250. The Labute approximate surface area is 63.4 Å². The molecule has 0 amide bonds. The minimum absolute atomic E-state index is 0.153. The lowest BCUT2D eigenvalue weighted by molar-refractivity contribution is -0.0798. The van der Waals surface area contributed by atoms with E-state index in [1.165, 1.54) is 12.2 Å². The van der Waals surface area contributed by atoms with Gasteiger partial charge in [-0.1, -0.05) is 18.2 Å². The highest BCUT2D eigenvalue weighted by Crippen LogP contribution is 2.15. The first-order chi connectivity index (χ1) is 5.06. The van der Waals surface area contributed by atoms with Crippen LogP contribution >= 0.6 is 0 Å². The maximum absolute atomic E-state index is 11.4. The molecule has 0 aromatic rings. The summed E-state index contributed by atoms with van der Waals surface area (Å²) in [5, 5.41) is 0. The molecule has 0 heterocycles. The van der Waals surface area contributed by atoms with Crippen molar-refractivity contribution in [2.45, 2.75) is 12.6 Å². The zero-order valence-corrected chi connectivity index (χ0v) is 5.73. The summed E-state index contributed by atoms with van der Waals surface area (Å²) in [6, 6.07) is 0. The Morgan fingerprint density at radius 1 is 1.27 bits per heavy atom. The number of halogens is 3. The molecule has 0 unspecified atom stereocenters. The largest absolute Gasteiger partial charge is 0.409 e. The van der Waals surface area contributed by atoms with E-state index < -0.39 is 6.18 Å². The smallest absolute Gasteiger partial charge is 0.167 e. The average molecular weight is 160 g/mol. The standard InChI is InChI=1S/C8H7F3/c1-2-3-4-5-6-7-8(9,10)11/h1,4-7H,3H2/b5-4+,7-6-. The molecular formula is C8H7F3. The van der Waals surface area contributed by atoms with Gasteiger partial charge in [-0.25, -0.2) is 0 Å². The van der Waals surface area contributed by atoms with Crippen LogP contribution in [0.25, 0.3) is 0 Å². The second-order valence-corrected chi connectivity index (χ2v) is 1.74. The van der Waals surface area contributed by atoms with Gasteiger partial charge in [0, 0.05) is 12.5 Å². The van der Waals surface area contributed by atoms with Gasteiger partial charge in [0.1, 0.15) is 0 Å². The van der Waals surface area contributed by atoms with E-state index in [4.69, 9.17) is 6.42 Å². The molecule has 0 aliphatic rings. The molecule has 0 aliphatic carbocycles. The van der Waals surface area contributed by atoms with E-state index >= 15 is 0 Å². The van der Waals surface area contributed by atoms with E-state index in [-0.39, 0.29) is 6.08 Å². The van der Waals surface area contributed by atoms with Gasteiger partial charge in [-0.3, -0.25) is 0 Å². The van der Waals surface area contributed by atoms with Crippen LogP contribution in [0.1, 0.15) is 6.42 Å². The molecule has 3 heteroatoms. The Morgan fingerprint density at radius 2 is 1.91 bits per heavy atom. The molecule has 0 radical (unpaired) electrons.